The van der Waals surface area contributed by atoms with Crippen molar-refractivity contribution in [2.45, 2.75) is 25.2 Å². The van der Waals surface area contributed by atoms with Crippen molar-refractivity contribution in [3.8, 4) is 22.8 Å². The summed E-state index contributed by atoms with van der Waals surface area (Å²) in [6.07, 6.45) is -1.99. The summed E-state index contributed by atoms with van der Waals surface area (Å²) in [6.45, 7) is 4.03. The second kappa shape index (κ2) is 10.7. The number of thioether (sulfide) groups is 1. The number of aromatic nitrogens is 6. The number of hydrogen-bond acceptors (Lipinski definition) is 6. The van der Waals surface area contributed by atoms with Crippen molar-refractivity contribution in [1.29, 1.82) is 0 Å². The molecule has 1 amide bonds. The Morgan fingerprint density at radius 3 is 2.46 bits per heavy atom. The number of hydrogen-bond donors (Lipinski definition) is 1. The predicted octanol–water partition coefficient (Wildman–Crippen LogP) is 5.88. The average Bonchev–Trinajstić information content (AvgIpc) is 3.60. The number of amides is 1. The van der Waals surface area contributed by atoms with E-state index in [9.17, 15) is 18.0 Å². The van der Waals surface area contributed by atoms with Crippen LogP contribution >= 0.6 is 11.8 Å². The van der Waals surface area contributed by atoms with Crippen LogP contribution in [0, 0.1) is 13.8 Å². The molecule has 0 saturated carbocycles. The van der Waals surface area contributed by atoms with Crippen LogP contribution < -0.4 is 5.32 Å². The van der Waals surface area contributed by atoms with Gasteiger partial charge in [-0.15, -0.1) is 10.2 Å². The van der Waals surface area contributed by atoms with Crippen molar-refractivity contribution in [2.24, 2.45) is 0 Å². The molecule has 2 aromatic heterocycles. The van der Waals surface area contributed by atoms with Gasteiger partial charge < -0.3 is 5.32 Å². The lowest BCUT2D eigenvalue weighted by molar-refractivity contribution is -0.137. The molecule has 0 spiro atoms. The Kier molecular flexibility index (Phi) is 7.20. The van der Waals surface area contributed by atoms with Gasteiger partial charge in [-0.05, 0) is 55.3 Å². The standard InChI is InChI=1S/C27H22F3N7OS/c1-17-8-10-21(12-18(17)2)37-25(19-6-4-3-5-7-19)34-35-26(37)39-14-24(38)33-22-13-20(27(28,29)30)9-11-23(22)36-16-31-15-32-36/h3-13,15-16H,14H2,1-2H3,(H,33,38). The van der Waals surface area contributed by atoms with Gasteiger partial charge in [-0.2, -0.15) is 18.3 Å². The summed E-state index contributed by atoms with van der Waals surface area (Å²) in [7, 11) is 0. The number of benzene rings is 3. The van der Waals surface area contributed by atoms with E-state index in [4.69, 9.17) is 0 Å². The third-order valence-corrected chi connectivity index (χ3v) is 6.94. The maximum Gasteiger partial charge on any atom is 0.416 e. The molecule has 198 valence electrons. The first-order valence-electron chi connectivity index (χ1n) is 11.8. The van der Waals surface area contributed by atoms with Crippen molar-refractivity contribution in [2.75, 3.05) is 11.1 Å². The van der Waals surface area contributed by atoms with E-state index in [0.717, 1.165) is 46.3 Å². The van der Waals surface area contributed by atoms with Crippen LogP contribution in [0.4, 0.5) is 18.9 Å². The van der Waals surface area contributed by atoms with Crippen LogP contribution in [0.2, 0.25) is 0 Å². The second-order valence-corrected chi connectivity index (χ2v) is 9.63. The number of nitrogens with zero attached hydrogens (tertiary/aromatic N) is 6. The van der Waals surface area contributed by atoms with Crippen LogP contribution in [0.5, 0.6) is 0 Å². The molecule has 0 bridgehead atoms. The summed E-state index contributed by atoms with van der Waals surface area (Å²) in [6, 6.07) is 18.6. The van der Waals surface area contributed by atoms with Crippen molar-refractivity contribution >= 4 is 23.4 Å². The average molecular weight is 550 g/mol. The Bertz CT molecular complexity index is 1620. The largest absolute Gasteiger partial charge is 0.416 e. The van der Waals surface area contributed by atoms with Crippen molar-refractivity contribution in [3.63, 3.8) is 0 Å². The van der Waals surface area contributed by atoms with Gasteiger partial charge in [0.15, 0.2) is 11.0 Å². The minimum absolute atomic E-state index is 0.0403. The van der Waals surface area contributed by atoms with E-state index in [2.05, 4.69) is 25.6 Å². The lowest BCUT2D eigenvalue weighted by Gasteiger charge is -2.15. The highest BCUT2D eigenvalue weighted by Gasteiger charge is 2.31. The molecule has 1 N–H and O–H groups in total. The normalized spacial score (nSPS) is 11.5. The molecule has 0 aliphatic carbocycles. The number of alkyl halides is 3. The number of carbonyl (C=O) groups excluding carboxylic acids is 1. The van der Waals surface area contributed by atoms with Gasteiger partial charge in [-0.1, -0.05) is 48.2 Å². The van der Waals surface area contributed by atoms with Crippen LogP contribution in [0.1, 0.15) is 16.7 Å². The molecule has 0 aliphatic rings. The van der Waals surface area contributed by atoms with E-state index in [1.807, 2.05) is 66.9 Å². The van der Waals surface area contributed by atoms with Crippen LogP contribution in [0.3, 0.4) is 0 Å². The molecule has 0 saturated heterocycles. The maximum atomic E-state index is 13.4. The number of nitrogens with one attached hydrogen (secondary N) is 1. The third-order valence-electron chi connectivity index (χ3n) is 6.01. The highest BCUT2D eigenvalue weighted by atomic mass is 32.2. The smallest absolute Gasteiger partial charge is 0.323 e. The second-order valence-electron chi connectivity index (χ2n) is 8.68. The molecule has 2 heterocycles. The van der Waals surface area contributed by atoms with Gasteiger partial charge in [0.05, 0.1) is 28.4 Å². The minimum Gasteiger partial charge on any atom is -0.323 e. The first-order valence-corrected chi connectivity index (χ1v) is 12.8. The number of halogens is 3. The maximum absolute atomic E-state index is 13.4. The molecule has 0 fully saturated rings. The SMILES string of the molecule is Cc1ccc(-n2c(SCC(=O)Nc3cc(C(F)(F)F)ccc3-n3cncn3)nnc2-c2ccccc2)cc1C. The van der Waals surface area contributed by atoms with Crippen LogP contribution in [0.25, 0.3) is 22.8 Å². The van der Waals surface area contributed by atoms with Gasteiger partial charge >= 0.3 is 6.18 Å². The van der Waals surface area contributed by atoms with Gasteiger partial charge in [0.2, 0.25) is 5.91 Å². The van der Waals surface area contributed by atoms with Crippen molar-refractivity contribution in [3.05, 3.63) is 96.1 Å². The Morgan fingerprint density at radius 1 is 0.974 bits per heavy atom. The molecular formula is C27H22F3N7OS. The zero-order chi connectivity index (χ0) is 27.6. The highest BCUT2D eigenvalue weighted by Crippen LogP contribution is 2.34. The Balaban J connectivity index is 1.43. The van der Waals surface area contributed by atoms with Gasteiger partial charge in [-0.25, -0.2) is 9.67 Å². The minimum atomic E-state index is -4.58. The fourth-order valence-corrected chi connectivity index (χ4v) is 4.65. The van der Waals surface area contributed by atoms with E-state index in [0.29, 0.717) is 11.0 Å². The quantitative estimate of drug-likeness (QED) is 0.255. The number of aryl methyl sites for hydroxylation is 2. The zero-order valence-corrected chi connectivity index (χ0v) is 21.7. The first-order chi connectivity index (χ1) is 18.7. The van der Waals surface area contributed by atoms with E-state index in [-0.39, 0.29) is 17.1 Å². The number of carbonyl (C=O) groups is 1. The molecule has 12 heteroatoms. The molecule has 3 aromatic carbocycles. The molecule has 0 aliphatic heterocycles. The van der Waals surface area contributed by atoms with Crippen LogP contribution in [-0.4, -0.2) is 41.2 Å². The van der Waals surface area contributed by atoms with Gasteiger partial charge in [-0.3, -0.25) is 9.36 Å². The van der Waals surface area contributed by atoms with E-state index in [1.54, 1.807) is 0 Å². The summed E-state index contributed by atoms with van der Waals surface area (Å²) in [5.41, 5.74) is 3.21. The molecular weight excluding hydrogens is 527 g/mol. The predicted molar refractivity (Wildman–Crippen MR) is 142 cm³/mol. The topological polar surface area (TPSA) is 90.5 Å². The molecule has 0 atom stereocenters. The Labute approximate surface area is 225 Å². The third kappa shape index (κ3) is 5.70. The molecule has 8 nitrogen and oxygen atoms in total. The molecule has 5 aromatic rings. The number of anilines is 1. The zero-order valence-electron chi connectivity index (χ0n) is 20.8. The van der Waals surface area contributed by atoms with Crippen molar-refractivity contribution in [1.82, 2.24) is 29.5 Å². The fourth-order valence-electron chi connectivity index (χ4n) is 3.90. The summed E-state index contributed by atoms with van der Waals surface area (Å²) >= 11 is 1.13. The van der Waals surface area contributed by atoms with E-state index >= 15 is 0 Å². The Hall–Kier alpha value is -4.45. The summed E-state index contributed by atoms with van der Waals surface area (Å²) in [5, 5.41) is 15.7. The van der Waals surface area contributed by atoms with Crippen molar-refractivity contribution < 1.29 is 18.0 Å². The lowest BCUT2D eigenvalue weighted by atomic mass is 10.1. The first kappa shape index (κ1) is 26.2. The lowest BCUT2D eigenvalue weighted by Crippen LogP contribution is -2.17. The fraction of sp³-hybridized carbons (Fsp3) is 0.148. The number of rotatable bonds is 7. The summed E-state index contributed by atoms with van der Waals surface area (Å²) in [5.74, 6) is -0.0325. The molecule has 5 rings (SSSR count). The summed E-state index contributed by atoms with van der Waals surface area (Å²) < 4.78 is 43.3. The molecule has 39 heavy (non-hydrogen) atoms. The monoisotopic (exact) mass is 549 g/mol. The molecule has 0 radical (unpaired) electrons. The van der Waals surface area contributed by atoms with Crippen LogP contribution in [0.15, 0.2) is 84.5 Å². The van der Waals surface area contributed by atoms with Gasteiger partial charge in [0.1, 0.15) is 12.7 Å². The van der Waals surface area contributed by atoms with Gasteiger partial charge in [0, 0.05) is 5.56 Å². The molecule has 0 unspecified atom stereocenters. The highest BCUT2D eigenvalue weighted by molar-refractivity contribution is 7.99. The van der Waals surface area contributed by atoms with Crippen LogP contribution in [-0.2, 0) is 11.0 Å². The van der Waals surface area contributed by atoms with E-state index < -0.39 is 17.6 Å². The van der Waals surface area contributed by atoms with Gasteiger partial charge in [0.25, 0.3) is 0 Å². The Morgan fingerprint density at radius 2 is 1.77 bits per heavy atom. The van der Waals surface area contributed by atoms with E-state index in [1.165, 1.54) is 23.4 Å². The summed E-state index contributed by atoms with van der Waals surface area (Å²) in [4.78, 5) is 16.8.